The third kappa shape index (κ3) is 2.39. The molecule has 0 unspecified atom stereocenters. The molecule has 4 aromatic rings. The SMILES string of the molecule is Cc1ccc(N)cc1Nc1ccnc2cc3c(C)c(C)sc3cc12. The van der Waals surface area contributed by atoms with E-state index in [1.54, 1.807) is 0 Å². The van der Waals surface area contributed by atoms with Gasteiger partial charge >= 0.3 is 0 Å². The van der Waals surface area contributed by atoms with Crippen molar-refractivity contribution in [2.45, 2.75) is 20.8 Å². The highest BCUT2D eigenvalue weighted by atomic mass is 32.1. The van der Waals surface area contributed by atoms with Crippen LogP contribution in [-0.2, 0) is 0 Å². The number of benzene rings is 2. The quantitative estimate of drug-likeness (QED) is 0.463. The van der Waals surface area contributed by atoms with Crippen LogP contribution in [0.1, 0.15) is 16.0 Å². The summed E-state index contributed by atoms with van der Waals surface area (Å²) in [6.07, 6.45) is 1.85. The zero-order valence-corrected chi connectivity index (χ0v) is 14.8. The maximum Gasteiger partial charge on any atom is 0.0729 e. The molecule has 0 saturated carbocycles. The molecule has 2 heterocycles. The van der Waals surface area contributed by atoms with Crippen molar-refractivity contribution in [3.63, 3.8) is 0 Å². The van der Waals surface area contributed by atoms with Crippen LogP contribution in [0, 0.1) is 20.8 Å². The van der Waals surface area contributed by atoms with Gasteiger partial charge in [-0.3, -0.25) is 4.98 Å². The highest BCUT2D eigenvalue weighted by Gasteiger charge is 2.10. The molecular formula is C20H19N3S. The van der Waals surface area contributed by atoms with Gasteiger partial charge < -0.3 is 11.1 Å². The van der Waals surface area contributed by atoms with E-state index in [-0.39, 0.29) is 0 Å². The van der Waals surface area contributed by atoms with Crippen molar-refractivity contribution in [1.82, 2.24) is 4.98 Å². The van der Waals surface area contributed by atoms with E-state index in [4.69, 9.17) is 5.73 Å². The molecule has 0 aliphatic carbocycles. The summed E-state index contributed by atoms with van der Waals surface area (Å²) in [6, 6.07) is 12.4. The normalized spacial score (nSPS) is 11.3. The van der Waals surface area contributed by atoms with Gasteiger partial charge in [0.1, 0.15) is 0 Å². The predicted molar refractivity (Wildman–Crippen MR) is 105 cm³/mol. The summed E-state index contributed by atoms with van der Waals surface area (Å²) in [4.78, 5) is 5.93. The lowest BCUT2D eigenvalue weighted by atomic mass is 10.1. The Labute approximate surface area is 145 Å². The first-order chi connectivity index (χ1) is 11.5. The lowest BCUT2D eigenvalue weighted by Gasteiger charge is -2.12. The zero-order valence-electron chi connectivity index (χ0n) is 14.0. The topological polar surface area (TPSA) is 50.9 Å². The fourth-order valence-electron chi connectivity index (χ4n) is 3.01. The molecule has 120 valence electrons. The third-order valence-electron chi connectivity index (χ3n) is 4.57. The second-order valence-electron chi connectivity index (χ2n) is 6.21. The highest BCUT2D eigenvalue weighted by Crippen LogP contribution is 2.36. The molecule has 0 saturated heterocycles. The molecule has 0 aliphatic rings. The largest absolute Gasteiger partial charge is 0.399 e. The van der Waals surface area contributed by atoms with Gasteiger partial charge in [0.15, 0.2) is 0 Å². The Morgan fingerprint density at radius 3 is 2.62 bits per heavy atom. The van der Waals surface area contributed by atoms with Crippen LogP contribution in [0.5, 0.6) is 0 Å². The first-order valence-electron chi connectivity index (χ1n) is 7.94. The van der Waals surface area contributed by atoms with E-state index in [1.165, 1.54) is 20.5 Å². The first-order valence-corrected chi connectivity index (χ1v) is 8.76. The Morgan fingerprint density at radius 1 is 0.958 bits per heavy atom. The van der Waals surface area contributed by atoms with E-state index in [1.807, 2.05) is 41.8 Å². The Balaban J connectivity index is 1.90. The molecule has 2 aromatic carbocycles. The minimum absolute atomic E-state index is 0.758. The number of nitrogens with one attached hydrogen (secondary N) is 1. The molecule has 0 bridgehead atoms. The van der Waals surface area contributed by atoms with Crippen molar-refractivity contribution in [2.75, 3.05) is 11.1 Å². The number of nitrogen functional groups attached to an aromatic ring is 1. The maximum absolute atomic E-state index is 5.94. The molecule has 3 N–H and O–H groups in total. The monoisotopic (exact) mass is 333 g/mol. The van der Waals surface area contributed by atoms with Crippen molar-refractivity contribution in [3.8, 4) is 0 Å². The van der Waals surface area contributed by atoms with Gasteiger partial charge in [0.2, 0.25) is 0 Å². The van der Waals surface area contributed by atoms with Gasteiger partial charge in [-0.1, -0.05) is 6.07 Å². The van der Waals surface area contributed by atoms with Crippen LogP contribution >= 0.6 is 11.3 Å². The van der Waals surface area contributed by atoms with Crippen LogP contribution in [0.3, 0.4) is 0 Å². The van der Waals surface area contributed by atoms with E-state index in [0.29, 0.717) is 0 Å². The molecule has 0 fully saturated rings. The Bertz CT molecular complexity index is 1080. The molecule has 0 aliphatic heterocycles. The van der Waals surface area contributed by atoms with Crippen molar-refractivity contribution < 1.29 is 0 Å². The van der Waals surface area contributed by atoms with Crippen LogP contribution in [0.15, 0.2) is 42.6 Å². The number of hydrogen-bond donors (Lipinski definition) is 2. The number of aromatic nitrogens is 1. The molecule has 0 amide bonds. The van der Waals surface area contributed by atoms with Gasteiger partial charge in [-0.15, -0.1) is 11.3 Å². The lowest BCUT2D eigenvalue weighted by Crippen LogP contribution is -1.96. The standard InChI is InChI=1S/C20H19N3S/c1-11-4-5-14(21)8-18(11)23-17-6-7-22-19-9-15-12(2)13(3)24-20(15)10-16(17)19/h4-10H,21H2,1-3H3,(H,22,23). The number of anilines is 3. The van der Waals surface area contributed by atoms with E-state index >= 15 is 0 Å². The van der Waals surface area contributed by atoms with Gasteiger partial charge in [0.25, 0.3) is 0 Å². The number of hydrogen-bond acceptors (Lipinski definition) is 4. The van der Waals surface area contributed by atoms with E-state index in [0.717, 1.165) is 33.5 Å². The number of aryl methyl sites for hydroxylation is 3. The Hall–Kier alpha value is -2.59. The van der Waals surface area contributed by atoms with Crippen LogP contribution in [0.4, 0.5) is 17.1 Å². The lowest BCUT2D eigenvalue weighted by molar-refractivity contribution is 1.39. The van der Waals surface area contributed by atoms with Gasteiger partial charge in [-0.2, -0.15) is 0 Å². The average Bonchev–Trinajstić information content (AvgIpc) is 2.84. The second kappa shape index (κ2) is 5.49. The van der Waals surface area contributed by atoms with Crippen molar-refractivity contribution in [2.24, 2.45) is 0 Å². The summed E-state index contributed by atoms with van der Waals surface area (Å²) in [7, 11) is 0. The molecule has 0 radical (unpaired) electrons. The molecule has 2 aromatic heterocycles. The molecular weight excluding hydrogens is 314 g/mol. The minimum atomic E-state index is 0.758. The van der Waals surface area contributed by atoms with E-state index in [2.05, 4.69) is 43.2 Å². The van der Waals surface area contributed by atoms with Crippen molar-refractivity contribution in [3.05, 3.63) is 58.6 Å². The molecule has 0 spiro atoms. The van der Waals surface area contributed by atoms with E-state index in [9.17, 15) is 0 Å². The van der Waals surface area contributed by atoms with Gasteiger partial charge in [0.05, 0.1) is 5.52 Å². The number of rotatable bonds is 2. The third-order valence-corrected chi connectivity index (χ3v) is 5.74. The summed E-state index contributed by atoms with van der Waals surface area (Å²) >= 11 is 1.84. The zero-order chi connectivity index (χ0) is 16.8. The summed E-state index contributed by atoms with van der Waals surface area (Å²) in [5.74, 6) is 0. The molecule has 4 rings (SSSR count). The van der Waals surface area contributed by atoms with Gasteiger partial charge in [0, 0.05) is 38.2 Å². The van der Waals surface area contributed by atoms with Crippen LogP contribution in [0.2, 0.25) is 0 Å². The molecule has 3 nitrogen and oxygen atoms in total. The summed E-state index contributed by atoms with van der Waals surface area (Å²) in [5.41, 5.74) is 12.3. The van der Waals surface area contributed by atoms with Crippen LogP contribution in [0.25, 0.3) is 21.0 Å². The second-order valence-corrected chi connectivity index (χ2v) is 7.46. The number of pyridine rings is 1. The number of nitrogens with two attached hydrogens (primary N) is 1. The van der Waals surface area contributed by atoms with Gasteiger partial charge in [-0.25, -0.2) is 0 Å². The first kappa shape index (κ1) is 15.0. The summed E-state index contributed by atoms with van der Waals surface area (Å²) in [6.45, 7) is 6.43. The number of thiophene rings is 1. The number of nitrogens with zero attached hydrogens (tertiary/aromatic N) is 1. The minimum Gasteiger partial charge on any atom is -0.399 e. The van der Waals surface area contributed by atoms with Gasteiger partial charge in [-0.05, 0) is 67.6 Å². The van der Waals surface area contributed by atoms with Crippen LogP contribution in [-0.4, -0.2) is 4.98 Å². The van der Waals surface area contributed by atoms with Crippen molar-refractivity contribution in [1.29, 1.82) is 0 Å². The van der Waals surface area contributed by atoms with E-state index < -0.39 is 0 Å². The van der Waals surface area contributed by atoms with Crippen molar-refractivity contribution >= 4 is 49.4 Å². The Kier molecular flexibility index (Phi) is 3.43. The fraction of sp³-hybridized carbons (Fsp3) is 0.150. The fourth-order valence-corrected chi connectivity index (χ4v) is 4.10. The Morgan fingerprint density at radius 2 is 1.79 bits per heavy atom. The molecule has 4 heteroatoms. The van der Waals surface area contributed by atoms with Crippen LogP contribution < -0.4 is 11.1 Å². The molecule has 24 heavy (non-hydrogen) atoms. The summed E-state index contributed by atoms with van der Waals surface area (Å²) < 4.78 is 1.30. The predicted octanol–water partition coefficient (Wildman–Crippen LogP) is 5.70. The number of fused-ring (bicyclic) bond motifs is 2. The maximum atomic E-state index is 5.94. The smallest absolute Gasteiger partial charge is 0.0729 e. The molecule has 0 atom stereocenters. The summed E-state index contributed by atoms with van der Waals surface area (Å²) in [5, 5.41) is 5.96. The average molecular weight is 333 g/mol. The highest BCUT2D eigenvalue weighted by molar-refractivity contribution is 7.19.